The van der Waals surface area contributed by atoms with Crippen LogP contribution in [0.3, 0.4) is 0 Å². The van der Waals surface area contributed by atoms with Crippen molar-refractivity contribution in [2.24, 2.45) is 0 Å². The number of Topliss-reactive ketones (excluding diaryl/α,β-unsaturated/α-hetero) is 1. The van der Waals surface area contributed by atoms with E-state index < -0.39 is 30.2 Å². The van der Waals surface area contributed by atoms with Crippen molar-refractivity contribution in [2.45, 2.75) is 13.0 Å². The van der Waals surface area contributed by atoms with Gasteiger partial charge in [0.25, 0.3) is 0 Å². The Kier molecular flexibility index (Phi) is 2.04. The summed E-state index contributed by atoms with van der Waals surface area (Å²) in [6.07, 6.45) is 0.156. The molecular formula is C10H8O5. The lowest BCUT2D eigenvalue weighted by molar-refractivity contribution is -0.139. The van der Waals surface area contributed by atoms with Crippen LogP contribution in [0, 0.1) is 0 Å². The minimum Gasteiger partial charge on any atom is -0.451 e. The van der Waals surface area contributed by atoms with E-state index in [1.165, 1.54) is 6.92 Å². The molecule has 0 aromatic heterocycles. The van der Waals surface area contributed by atoms with Crippen molar-refractivity contribution < 1.29 is 24.2 Å². The second kappa shape index (κ2) is 3.13. The minimum absolute atomic E-state index is 0.0937. The third kappa shape index (κ3) is 1.24. The monoisotopic (exact) mass is 208 g/mol. The zero-order chi connectivity index (χ0) is 11.2. The molecule has 15 heavy (non-hydrogen) atoms. The first kappa shape index (κ1) is 9.79. The highest BCUT2D eigenvalue weighted by atomic mass is 16.6. The van der Waals surface area contributed by atoms with Crippen molar-refractivity contribution in [3.63, 3.8) is 0 Å². The predicted molar refractivity (Wildman–Crippen MR) is 47.8 cm³/mol. The lowest BCUT2D eigenvalue weighted by Crippen LogP contribution is -2.23. The van der Waals surface area contributed by atoms with E-state index in [2.05, 4.69) is 0 Å². The molecule has 0 radical (unpaired) electrons. The molecule has 78 valence electrons. The van der Waals surface area contributed by atoms with Crippen LogP contribution in [0.15, 0.2) is 22.8 Å². The summed E-state index contributed by atoms with van der Waals surface area (Å²) in [6.45, 7) is 1.06. The van der Waals surface area contributed by atoms with E-state index in [1.807, 2.05) is 0 Å². The van der Waals surface area contributed by atoms with Gasteiger partial charge in [-0.2, -0.15) is 0 Å². The summed E-state index contributed by atoms with van der Waals surface area (Å²) in [7, 11) is 0. The van der Waals surface area contributed by atoms with Crippen LogP contribution in [0.5, 0.6) is 0 Å². The van der Waals surface area contributed by atoms with Crippen LogP contribution in [0.2, 0.25) is 0 Å². The van der Waals surface area contributed by atoms with Gasteiger partial charge in [0, 0.05) is 17.2 Å². The summed E-state index contributed by atoms with van der Waals surface area (Å²) in [5.41, 5.74) is 0.616. The van der Waals surface area contributed by atoms with Crippen LogP contribution in [0.1, 0.15) is 6.92 Å². The number of hydrogen-bond donors (Lipinski definition) is 1. The predicted octanol–water partition coefficient (Wildman–Crippen LogP) is -0.701. The van der Waals surface area contributed by atoms with Gasteiger partial charge in [-0.1, -0.05) is 0 Å². The fourth-order valence-corrected chi connectivity index (χ4v) is 1.75. The number of ether oxygens (including phenoxy) is 1. The van der Waals surface area contributed by atoms with Crippen molar-refractivity contribution >= 4 is 17.5 Å². The number of carbonyl (C=O) groups is 3. The molecule has 1 saturated heterocycles. The molecule has 1 N–H and O–H groups in total. The Hall–Kier alpha value is -1.75. The first-order valence-corrected chi connectivity index (χ1v) is 4.39. The van der Waals surface area contributed by atoms with E-state index in [9.17, 15) is 14.4 Å². The molecule has 2 rings (SSSR count). The molecule has 1 heterocycles. The highest BCUT2D eigenvalue weighted by Crippen LogP contribution is 2.32. The topological polar surface area (TPSA) is 80.7 Å². The van der Waals surface area contributed by atoms with E-state index in [-0.39, 0.29) is 11.1 Å². The van der Waals surface area contributed by atoms with E-state index in [1.54, 1.807) is 0 Å². The zero-order valence-electron chi connectivity index (χ0n) is 7.94. The molecule has 2 aliphatic rings. The van der Waals surface area contributed by atoms with Crippen LogP contribution in [-0.2, 0) is 19.1 Å². The van der Waals surface area contributed by atoms with Crippen LogP contribution >= 0.6 is 0 Å². The maximum Gasteiger partial charge on any atom is 0.339 e. The number of aliphatic hydroxyl groups is 1. The Balaban J connectivity index is 2.59. The molecule has 5 heteroatoms. The smallest absolute Gasteiger partial charge is 0.339 e. The van der Waals surface area contributed by atoms with Gasteiger partial charge in [-0.25, -0.2) is 4.79 Å². The fourth-order valence-electron chi connectivity index (χ4n) is 1.75. The third-order valence-corrected chi connectivity index (χ3v) is 2.49. The molecule has 1 aliphatic carbocycles. The Morgan fingerprint density at radius 3 is 2.67 bits per heavy atom. The molecule has 1 aliphatic heterocycles. The molecule has 5 nitrogen and oxygen atoms in total. The lowest BCUT2D eigenvalue weighted by atomic mass is 9.89. The number of allylic oxidation sites excluding steroid dienone is 2. The van der Waals surface area contributed by atoms with Gasteiger partial charge in [-0.3, -0.25) is 9.59 Å². The minimum atomic E-state index is -0.819. The van der Waals surface area contributed by atoms with E-state index in [0.717, 1.165) is 6.08 Å². The highest BCUT2D eigenvalue weighted by molar-refractivity contribution is 6.49. The summed E-state index contributed by atoms with van der Waals surface area (Å²) in [6, 6.07) is 0. The molecule has 0 aromatic carbocycles. The van der Waals surface area contributed by atoms with Gasteiger partial charge < -0.3 is 9.84 Å². The summed E-state index contributed by atoms with van der Waals surface area (Å²) in [5, 5.41) is 8.96. The Morgan fingerprint density at radius 2 is 2.07 bits per heavy atom. The third-order valence-electron chi connectivity index (χ3n) is 2.49. The molecule has 0 amide bonds. The van der Waals surface area contributed by atoms with E-state index in [4.69, 9.17) is 9.84 Å². The lowest BCUT2D eigenvalue weighted by Gasteiger charge is -2.12. The van der Waals surface area contributed by atoms with Gasteiger partial charge in [0.2, 0.25) is 11.6 Å². The number of fused-ring (bicyclic) bond motifs is 1. The SMILES string of the molecule is CC1=C2C(=CC(=O)C1=O)C(=O)O[C@H]2CO. The van der Waals surface area contributed by atoms with Crippen molar-refractivity contribution in [1.29, 1.82) is 0 Å². The molecule has 0 bridgehead atoms. The number of aliphatic hydroxyl groups excluding tert-OH is 1. The standard InChI is InChI=1S/C10H8O5/c1-4-8-5(2-6(12)9(4)13)10(14)15-7(8)3-11/h2,7,11H,3H2,1H3/t7-/m0/s1. The number of carbonyl (C=O) groups excluding carboxylic acids is 3. The summed E-state index contributed by atoms with van der Waals surface area (Å²) in [5.74, 6) is -2.03. The quantitative estimate of drug-likeness (QED) is 0.350. The van der Waals surface area contributed by atoms with Crippen LogP contribution in [-0.4, -0.2) is 35.4 Å². The van der Waals surface area contributed by atoms with Crippen molar-refractivity contribution in [1.82, 2.24) is 0 Å². The molecular weight excluding hydrogens is 200 g/mol. The second-order valence-corrected chi connectivity index (χ2v) is 3.37. The average Bonchev–Trinajstić information content (AvgIpc) is 2.52. The van der Waals surface area contributed by atoms with Gasteiger partial charge >= 0.3 is 5.97 Å². The fraction of sp³-hybridized carbons (Fsp3) is 0.300. The normalized spacial score (nSPS) is 25.3. The number of ketones is 2. The van der Waals surface area contributed by atoms with Gasteiger partial charge in [0.15, 0.2) is 6.10 Å². The van der Waals surface area contributed by atoms with E-state index in [0.29, 0.717) is 5.57 Å². The highest BCUT2D eigenvalue weighted by Gasteiger charge is 2.40. The van der Waals surface area contributed by atoms with Crippen LogP contribution in [0.4, 0.5) is 0 Å². The van der Waals surface area contributed by atoms with Gasteiger partial charge in [0.1, 0.15) is 0 Å². The van der Waals surface area contributed by atoms with Gasteiger partial charge in [-0.15, -0.1) is 0 Å². The van der Waals surface area contributed by atoms with E-state index >= 15 is 0 Å². The van der Waals surface area contributed by atoms with Crippen LogP contribution < -0.4 is 0 Å². The summed E-state index contributed by atoms with van der Waals surface area (Å²) >= 11 is 0. The molecule has 1 fully saturated rings. The Labute approximate surface area is 85.0 Å². The molecule has 0 unspecified atom stereocenters. The maximum atomic E-state index is 11.3. The molecule has 0 spiro atoms. The second-order valence-electron chi connectivity index (χ2n) is 3.37. The molecule has 0 aromatic rings. The average molecular weight is 208 g/mol. The van der Waals surface area contributed by atoms with Gasteiger partial charge in [0.05, 0.1) is 12.2 Å². The van der Waals surface area contributed by atoms with Crippen molar-refractivity contribution in [2.75, 3.05) is 6.61 Å². The number of cyclic esters (lactones) is 1. The first-order chi connectivity index (χ1) is 7.06. The first-order valence-electron chi connectivity index (χ1n) is 4.39. The molecule has 0 saturated carbocycles. The van der Waals surface area contributed by atoms with Crippen molar-refractivity contribution in [3.8, 4) is 0 Å². The largest absolute Gasteiger partial charge is 0.451 e. The zero-order valence-corrected chi connectivity index (χ0v) is 7.94. The number of hydrogen-bond acceptors (Lipinski definition) is 5. The summed E-state index contributed by atoms with van der Waals surface area (Å²) in [4.78, 5) is 33.8. The maximum absolute atomic E-state index is 11.3. The Morgan fingerprint density at radius 1 is 1.40 bits per heavy atom. The number of esters is 1. The Bertz CT molecular complexity index is 441. The summed E-state index contributed by atoms with van der Waals surface area (Å²) < 4.78 is 4.81. The number of rotatable bonds is 1. The van der Waals surface area contributed by atoms with Gasteiger partial charge in [-0.05, 0) is 6.92 Å². The van der Waals surface area contributed by atoms with Crippen LogP contribution in [0.25, 0.3) is 0 Å². The van der Waals surface area contributed by atoms with Crippen molar-refractivity contribution in [3.05, 3.63) is 22.8 Å². The molecule has 1 atom stereocenters.